The Morgan fingerprint density at radius 3 is 2.35 bits per heavy atom. The zero-order chi connectivity index (χ0) is 16.2. The normalized spacial score (nSPS) is 10.3. The number of nitrogens with two attached hydrogens (primary N) is 1. The summed E-state index contributed by atoms with van der Waals surface area (Å²) < 4.78 is 5.23. The van der Waals surface area contributed by atoms with Crippen LogP contribution in [0, 0.1) is 0 Å². The molecule has 2 aromatic carbocycles. The zero-order valence-electron chi connectivity index (χ0n) is 12.6. The van der Waals surface area contributed by atoms with E-state index in [4.69, 9.17) is 15.0 Å². The van der Waals surface area contributed by atoms with Crippen molar-refractivity contribution in [1.82, 2.24) is 0 Å². The highest BCUT2D eigenvalue weighted by Crippen LogP contribution is 2.24. The van der Waals surface area contributed by atoms with Crippen LogP contribution in [0.5, 0.6) is 5.75 Å². The number of nitrogen functional groups attached to an aromatic ring is 1. The molecule has 0 aliphatic rings. The van der Waals surface area contributed by atoms with Gasteiger partial charge in [0.1, 0.15) is 0 Å². The molecule has 0 saturated carbocycles. The van der Waals surface area contributed by atoms with Crippen LogP contribution in [-0.4, -0.2) is 5.78 Å². The van der Waals surface area contributed by atoms with Crippen LogP contribution in [0.15, 0.2) is 65.3 Å². The van der Waals surface area contributed by atoms with E-state index in [2.05, 4.69) is 5.48 Å². The van der Waals surface area contributed by atoms with Gasteiger partial charge < -0.3 is 15.0 Å². The van der Waals surface area contributed by atoms with E-state index >= 15 is 0 Å². The fraction of sp³-hybridized carbons (Fsp3) is 0.0556. The van der Waals surface area contributed by atoms with Crippen LogP contribution in [0.4, 0.5) is 11.4 Å². The van der Waals surface area contributed by atoms with Gasteiger partial charge in [-0.2, -0.15) is 0 Å². The van der Waals surface area contributed by atoms with Crippen molar-refractivity contribution < 1.29 is 14.0 Å². The highest BCUT2D eigenvalue weighted by Gasteiger charge is 2.07. The molecule has 0 aliphatic carbocycles. The summed E-state index contributed by atoms with van der Waals surface area (Å²) in [6.45, 7) is 1.48. The van der Waals surface area contributed by atoms with Crippen LogP contribution in [0.3, 0.4) is 0 Å². The van der Waals surface area contributed by atoms with Gasteiger partial charge >= 0.3 is 0 Å². The molecule has 0 amide bonds. The van der Waals surface area contributed by atoms with Crippen molar-refractivity contribution in [2.45, 2.75) is 6.92 Å². The lowest BCUT2D eigenvalue weighted by atomic mass is 10.1. The molecule has 3 N–H and O–H groups in total. The Bertz CT molecular complexity index is 805. The van der Waals surface area contributed by atoms with Gasteiger partial charge in [0.15, 0.2) is 17.3 Å². The van der Waals surface area contributed by atoms with Crippen molar-refractivity contribution in [2.24, 2.45) is 0 Å². The van der Waals surface area contributed by atoms with Gasteiger partial charge in [-0.3, -0.25) is 4.79 Å². The molecular weight excluding hydrogens is 292 g/mol. The predicted molar refractivity (Wildman–Crippen MR) is 89.3 cm³/mol. The zero-order valence-corrected chi connectivity index (χ0v) is 12.6. The number of furan rings is 1. The average Bonchev–Trinajstić information content (AvgIpc) is 3.05. The van der Waals surface area contributed by atoms with Crippen LogP contribution >= 0.6 is 0 Å². The Hall–Kier alpha value is -3.21. The van der Waals surface area contributed by atoms with Crippen LogP contribution < -0.4 is 16.1 Å². The van der Waals surface area contributed by atoms with Gasteiger partial charge in [0.05, 0.1) is 12.0 Å². The molecule has 3 rings (SSSR count). The highest BCUT2D eigenvalue weighted by molar-refractivity contribution is 5.92. The molecule has 23 heavy (non-hydrogen) atoms. The fourth-order valence-electron chi connectivity index (χ4n) is 2.06. The lowest BCUT2D eigenvalue weighted by Crippen LogP contribution is -2.04. The molecule has 116 valence electrons. The minimum atomic E-state index is -0.0913. The van der Waals surface area contributed by atoms with Gasteiger partial charge in [0.2, 0.25) is 0 Å². The number of Topliss-reactive ketones (excluding diaryl/α,β-unsaturated/α-hetero) is 1. The summed E-state index contributed by atoms with van der Waals surface area (Å²) in [6, 6.07) is 16.4. The van der Waals surface area contributed by atoms with Gasteiger partial charge in [-0.1, -0.05) is 12.1 Å². The second-order valence-corrected chi connectivity index (χ2v) is 5.11. The van der Waals surface area contributed by atoms with Crippen LogP contribution in [0.1, 0.15) is 17.5 Å². The summed E-state index contributed by atoms with van der Waals surface area (Å²) in [7, 11) is 0. The van der Waals surface area contributed by atoms with E-state index in [1.807, 2.05) is 24.3 Å². The molecule has 5 nitrogen and oxygen atoms in total. The molecule has 1 aromatic heterocycles. The van der Waals surface area contributed by atoms with Crippen molar-refractivity contribution in [2.75, 3.05) is 11.2 Å². The van der Waals surface area contributed by atoms with E-state index in [9.17, 15) is 4.79 Å². The minimum absolute atomic E-state index is 0.0913. The number of nitrogens with one attached hydrogen (secondary N) is 1. The first-order chi connectivity index (χ1) is 11.1. The number of hydrogen-bond donors (Lipinski definition) is 2. The van der Waals surface area contributed by atoms with Gasteiger partial charge in [-0.25, -0.2) is 5.48 Å². The molecule has 0 atom stereocenters. The maximum atomic E-state index is 11.3. The smallest absolute Gasteiger partial charge is 0.194 e. The largest absolute Gasteiger partial charge is 0.461 e. The van der Waals surface area contributed by atoms with Crippen molar-refractivity contribution in [3.63, 3.8) is 0 Å². The van der Waals surface area contributed by atoms with Gasteiger partial charge in [-0.15, -0.1) is 0 Å². The molecule has 0 radical (unpaired) electrons. The number of hydrogen-bond acceptors (Lipinski definition) is 5. The average molecular weight is 308 g/mol. The van der Waals surface area contributed by atoms with Crippen molar-refractivity contribution in [3.05, 3.63) is 66.6 Å². The summed E-state index contributed by atoms with van der Waals surface area (Å²) in [6.07, 6.45) is 1.57. The maximum absolute atomic E-state index is 11.3. The van der Waals surface area contributed by atoms with Crippen molar-refractivity contribution >= 4 is 17.2 Å². The number of anilines is 2. The first kappa shape index (κ1) is 14.7. The number of benzene rings is 2. The monoisotopic (exact) mass is 308 g/mol. The van der Waals surface area contributed by atoms with Gasteiger partial charge in [0.25, 0.3) is 0 Å². The molecule has 1 heterocycles. The first-order valence-corrected chi connectivity index (χ1v) is 7.10. The van der Waals surface area contributed by atoms with Crippen LogP contribution in [0.25, 0.3) is 11.1 Å². The number of rotatable bonds is 5. The van der Waals surface area contributed by atoms with E-state index in [-0.39, 0.29) is 5.78 Å². The first-order valence-electron chi connectivity index (χ1n) is 7.10. The Labute approximate surface area is 133 Å². The highest BCUT2D eigenvalue weighted by atomic mass is 16.6. The fourth-order valence-corrected chi connectivity index (χ4v) is 2.06. The lowest BCUT2D eigenvalue weighted by molar-refractivity contribution is 0.0987. The molecule has 0 unspecified atom stereocenters. The molecule has 5 heteroatoms. The minimum Gasteiger partial charge on any atom is -0.461 e. The third kappa shape index (κ3) is 3.52. The van der Waals surface area contributed by atoms with Crippen molar-refractivity contribution in [1.29, 1.82) is 0 Å². The van der Waals surface area contributed by atoms with Crippen molar-refractivity contribution in [3.8, 4) is 16.9 Å². The van der Waals surface area contributed by atoms with E-state index in [0.717, 1.165) is 16.8 Å². The second-order valence-electron chi connectivity index (χ2n) is 5.11. The Morgan fingerprint density at radius 1 is 1.04 bits per heavy atom. The van der Waals surface area contributed by atoms with Gasteiger partial charge in [-0.05, 0) is 48.0 Å². The van der Waals surface area contributed by atoms with E-state index in [0.29, 0.717) is 17.2 Å². The van der Waals surface area contributed by atoms with E-state index in [1.165, 1.54) is 6.92 Å². The Morgan fingerprint density at radius 2 is 1.74 bits per heavy atom. The standard InChI is InChI=1S/C18H16N2O3/c1-12(21)18-10-14(11-22-18)13-2-6-16(7-3-13)20-23-17-8-4-15(19)5-9-17/h2-11,20H,19H2,1H3. The summed E-state index contributed by atoms with van der Waals surface area (Å²) in [5.41, 5.74) is 11.8. The van der Waals surface area contributed by atoms with Crippen LogP contribution in [-0.2, 0) is 0 Å². The van der Waals surface area contributed by atoms with E-state index in [1.54, 1.807) is 36.6 Å². The number of carbonyl (C=O) groups excluding carboxylic acids is 1. The quantitative estimate of drug-likeness (QED) is 0.421. The summed E-state index contributed by atoms with van der Waals surface area (Å²) in [5.74, 6) is 0.935. The van der Waals surface area contributed by atoms with E-state index < -0.39 is 0 Å². The molecule has 0 bridgehead atoms. The third-order valence-electron chi connectivity index (χ3n) is 3.33. The maximum Gasteiger partial charge on any atom is 0.194 e. The second kappa shape index (κ2) is 6.27. The third-order valence-corrected chi connectivity index (χ3v) is 3.33. The molecule has 0 spiro atoms. The van der Waals surface area contributed by atoms with Crippen LogP contribution in [0.2, 0.25) is 0 Å². The molecular formula is C18H16N2O3. The summed E-state index contributed by atoms with van der Waals surface area (Å²) >= 11 is 0. The molecule has 3 aromatic rings. The van der Waals surface area contributed by atoms with Gasteiger partial charge in [0, 0.05) is 18.2 Å². The topological polar surface area (TPSA) is 77.5 Å². The summed E-state index contributed by atoms with van der Waals surface area (Å²) in [4.78, 5) is 16.7. The SMILES string of the molecule is CC(=O)c1cc(-c2ccc(NOc3ccc(N)cc3)cc2)co1. The Balaban J connectivity index is 1.66. The molecule has 0 saturated heterocycles. The summed E-state index contributed by atoms with van der Waals surface area (Å²) in [5, 5.41) is 0. The predicted octanol–water partition coefficient (Wildman–Crippen LogP) is 4.14. The Kier molecular flexibility index (Phi) is 4.01. The number of carbonyl (C=O) groups is 1. The lowest BCUT2D eigenvalue weighted by Gasteiger charge is -2.08. The molecule has 0 fully saturated rings. The number of ketones is 1. The molecule has 0 aliphatic heterocycles.